The largest absolute Gasteiger partial charge is 0.416 e. The van der Waals surface area contributed by atoms with Crippen LogP contribution in [0.2, 0.25) is 0 Å². The number of aromatic nitrogens is 2. The van der Waals surface area contributed by atoms with E-state index in [0.717, 1.165) is 18.2 Å². The molecule has 1 fully saturated rings. The van der Waals surface area contributed by atoms with E-state index >= 15 is 0 Å². The van der Waals surface area contributed by atoms with Crippen LogP contribution in [0.15, 0.2) is 23.0 Å². The summed E-state index contributed by atoms with van der Waals surface area (Å²) < 4.78 is 44.2. The molecule has 130 valence electrons. The monoisotopic (exact) mass is 341 g/mol. The minimum atomic E-state index is -4.46. The van der Waals surface area contributed by atoms with E-state index in [9.17, 15) is 18.0 Å². The maximum atomic E-state index is 12.8. The van der Waals surface area contributed by atoms with Gasteiger partial charge in [-0.2, -0.15) is 13.2 Å². The van der Waals surface area contributed by atoms with Gasteiger partial charge in [-0.3, -0.25) is 9.69 Å². The zero-order valence-electron chi connectivity index (χ0n) is 13.4. The van der Waals surface area contributed by atoms with Crippen molar-refractivity contribution in [1.82, 2.24) is 14.9 Å². The second-order valence-electron chi connectivity index (χ2n) is 6.19. The smallest absolute Gasteiger partial charge is 0.373 e. The fraction of sp³-hybridized carbons (Fsp3) is 0.500. The van der Waals surface area contributed by atoms with Gasteiger partial charge in [-0.05, 0) is 32.0 Å². The van der Waals surface area contributed by atoms with Crippen molar-refractivity contribution in [2.75, 3.05) is 13.1 Å². The van der Waals surface area contributed by atoms with Crippen LogP contribution in [0, 0.1) is 0 Å². The van der Waals surface area contributed by atoms with Crippen molar-refractivity contribution in [2.45, 2.75) is 38.8 Å². The van der Waals surface area contributed by atoms with Gasteiger partial charge in [-0.25, -0.2) is 4.98 Å². The number of aromatic amines is 1. The summed E-state index contributed by atoms with van der Waals surface area (Å²) in [4.78, 5) is 21.0. The molecule has 3 rings (SSSR count). The Bertz CT molecular complexity index is 793. The summed E-state index contributed by atoms with van der Waals surface area (Å²) >= 11 is 0. The molecule has 0 amide bonds. The summed E-state index contributed by atoms with van der Waals surface area (Å²) in [6.07, 6.45) is -4.36. The van der Waals surface area contributed by atoms with Crippen LogP contribution in [0.3, 0.4) is 0 Å². The molecule has 1 aliphatic heterocycles. The first-order valence-electron chi connectivity index (χ1n) is 7.70. The first kappa shape index (κ1) is 16.9. The Morgan fingerprint density at radius 3 is 2.58 bits per heavy atom. The predicted octanol–water partition coefficient (Wildman–Crippen LogP) is 2.55. The Morgan fingerprint density at radius 2 is 1.96 bits per heavy atom. The number of hydrogen-bond acceptors (Lipinski definition) is 4. The second kappa shape index (κ2) is 6.18. The number of H-pyrrole nitrogens is 1. The van der Waals surface area contributed by atoms with Gasteiger partial charge in [-0.1, -0.05) is 0 Å². The third-order valence-electron chi connectivity index (χ3n) is 3.95. The normalized spacial score (nSPS) is 22.9. The molecule has 0 saturated carbocycles. The van der Waals surface area contributed by atoms with E-state index in [-0.39, 0.29) is 23.1 Å². The molecule has 1 saturated heterocycles. The van der Waals surface area contributed by atoms with Crippen LogP contribution < -0.4 is 5.56 Å². The first-order chi connectivity index (χ1) is 11.2. The summed E-state index contributed by atoms with van der Waals surface area (Å²) in [5.41, 5.74) is -1.19. The molecule has 2 aromatic rings. The van der Waals surface area contributed by atoms with E-state index in [0.29, 0.717) is 25.5 Å². The van der Waals surface area contributed by atoms with Crippen molar-refractivity contribution in [3.8, 4) is 0 Å². The Balaban J connectivity index is 1.93. The lowest BCUT2D eigenvalue weighted by molar-refractivity contribution is -0.137. The molecule has 2 heterocycles. The standard InChI is InChI=1S/C16H18F3N3O2/c1-9-6-22(7-10(2)24-9)8-14-20-13-5-11(16(17,18)19)3-4-12(13)15(23)21-14/h3-5,9-10H,6-8H2,1-2H3,(H,20,21,23)/t9-,10-/m1/s1. The molecule has 2 atom stereocenters. The van der Waals surface area contributed by atoms with Gasteiger partial charge in [0.1, 0.15) is 5.82 Å². The van der Waals surface area contributed by atoms with E-state index in [1.54, 1.807) is 0 Å². The van der Waals surface area contributed by atoms with Crippen LogP contribution in [0.4, 0.5) is 13.2 Å². The van der Waals surface area contributed by atoms with Crippen molar-refractivity contribution >= 4 is 10.9 Å². The number of morpholine rings is 1. The molecule has 0 spiro atoms. The van der Waals surface area contributed by atoms with Gasteiger partial charge in [0.15, 0.2) is 0 Å². The highest BCUT2D eigenvalue weighted by Crippen LogP contribution is 2.30. The molecule has 0 aliphatic carbocycles. The lowest BCUT2D eigenvalue weighted by Gasteiger charge is -2.34. The molecule has 1 aliphatic rings. The fourth-order valence-electron chi connectivity index (χ4n) is 3.06. The lowest BCUT2D eigenvalue weighted by Crippen LogP contribution is -2.45. The quantitative estimate of drug-likeness (QED) is 0.912. The highest BCUT2D eigenvalue weighted by atomic mass is 19.4. The van der Waals surface area contributed by atoms with Gasteiger partial charge in [0.05, 0.1) is 35.2 Å². The summed E-state index contributed by atoms with van der Waals surface area (Å²) in [5, 5.41) is 0.149. The van der Waals surface area contributed by atoms with Gasteiger partial charge in [-0.15, -0.1) is 0 Å². The number of nitrogens with zero attached hydrogens (tertiary/aromatic N) is 2. The number of halogens is 3. The molecule has 0 unspecified atom stereocenters. The molecular formula is C16H18F3N3O2. The molecule has 5 nitrogen and oxygen atoms in total. The number of rotatable bonds is 2. The topological polar surface area (TPSA) is 58.2 Å². The molecule has 1 aromatic heterocycles. The van der Waals surface area contributed by atoms with Gasteiger partial charge >= 0.3 is 6.18 Å². The molecule has 0 bridgehead atoms. The van der Waals surface area contributed by atoms with E-state index in [2.05, 4.69) is 14.9 Å². The average molecular weight is 341 g/mol. The lowest BCUT2D eigenvalue weighted by atomic mass is 10.1. The SMILES string of the molecule is C[C@@H]1CN(Cc2nc3cc(C(F)(F)F)ccc3c(=O)[nH]2)C[C@@H](C)O1. The molecule has 24 heavy (non-hydrogen) atoms. The van der Waals surface area contributed by atoms with Gasteiger partial charge in [0, 0.05) is 13.1 Å². The highest BCUT2D eigenvalue weighted by Gasteiger charge is 2.31. The molecule has 1 N–H and O–H groups in total. The maximum absolute atomic E-state index is 12.8. The van der Waals surface area contributed by atoms with Gasteiger partial charge in [0.25, 0.3) is 5.56 Å². The third kappa shape index (κ3) is 3.59. The predicted molar refractivity (Wildman–Crippen MR) is 82.7 cm³/mol. The van der Waals surface area contributed by atoms with Gasteiger partial charge < -0.3 is 9.72 Å². The van der Waals surface area contributed by atoms with Crippen LogP contribution in [0.1, 0.15) is 25.2 Å². The van der Waals surface area contributed by atoms with Crippen molar-refractivity contribution in [2.24, 2.45) is 0 Å². The number of benzene rings is 1. The van der Waals surface area contributed by atoms with Crippen LogP contribution in [0.5, 0.6) is 0 Å². The summed E-state index contributed by atoms with van der Waals surface area (Å²) in [6.45, 7) is 5.62. The van der Waals surface area contributed by atoms with Crippen molar-refractivity contribution in [1.29, 1.82) is 0 Å². The summed E-state index contributed by atoms with van der Waals surface area (Å²) in [6, 6.07) is 2.97. The minimum Gasteiger partial charge on any atom is -0.373 e. The number of nitrogens with one attached hydrogen (secondary N) is 1. The molecule has 8 heteroatoms. The van der Waals surface area contributed by atoms with Crippen LogP contribution >= 0.6 is 0 Å². The highest BCUT2D eigenvalue weighted by molar-refractivity contribution is 5.78. The zero-order chi connectivity index (χ0) is 17.5. The molecule has 0 radical (unpaired) electrons. The Kier molecular flexibility index (Phi) is 4.35. The van der Waals surface area contributed by atoms with Crippen LogP contribution in [-0.4, -0.2) is 40.2 Å². The van der Waals surface area contributed by atoms with E-state index in [1.807, 2.05) is 13.8 Å². The van der Waals surface area contributed by atoms with Crippen molar-refractivity contribution in [3.05, 3.63) is 39.9 Å². The average Bonchev–Trinajstić information content (AvgIpc) is 2.44. The van der Waals surface area contributed by atoms with Gasteiger partial charge in [0.2, 0.25) is 0 Å². The molecule has 1 aromatic carbocycles. The fourth-order valence-corrected chi connectivity index (χ4v) is 3.06. The number of fused-ring (bicyclic) bond motifs is 1. The van der Waals surface area contributed by atoms with Crippen molar-refractivity contribution < 1.29 is 17.9 Å². The Hall–Kier alpha value is -1.93. The number of ether oxygens (including phenoxy) is 1. The van der Waals surface area contributed by atoms with Crippen molar-refractivity contribution in [3.63, 3.8) is 0 Å². The Morgan fingerprint density at radius 1 is 1.29 bits per heavy atom. The first-order valence-corrected chi connectivity index (χ1v) is 7.70. The summed E-state index contributed by atoms with van der Waals surface area (Å²) in [5.74, 6) is 0.355. The Labute approximate surface area is 136 Å². The zero-order valence-corrected chi connectivity index (χ0v) is 13.4. The second-order valence-corrected chi connectivity index (χ2v) is 6.19. The van der Waals surface area contributed by atoms with E-state index in [1.165, 1.54) is 0 Å². The summed E-state index contributed by atoms with van der Waals surface area (Å²) in [7, 11) is 0. The van der Waals surface area contributed by atoms with E-state index in [4.69, 9.17) is 4.74 Å². The molecular weight excluding hydrogens is 323 g/mol. The maximum Gasteiger partial charge on any atom is 0.416 e. The van der Waals surface area contributed by atoms with Crippen LogP contribution in [-0.2, 0) is 17.5 Å². The van der Waals surface area contributed by atoms with Crippen LogP contribution in [0.25, 0.3) is 10.9 Å². The third-order valence-corrected chi connectivity index (χ3v) is 3.95. The minimum absolute atomic E-state index is 0.0535. The van der Waals surface area contributed by atoms with E-state index < -0.39 is 17.3 Å². The number of hydrogen-bond donors (Lipinski definition) is 1. The number of alkyl halides is 3.